The first-order valence-electron chi connectivity index (χ1n) is 9.07. The maximum absolute atomic E-state index is 12.4. The Labute approximate surface area is 144 Å². The maximum atomic E-state index is 12.4. The monoisotopic (exact) mass is 334 g/mol. The molecule has 1 aromatic rings. The van der Waals surface area contributed by atoms with Crippen LogP contribution < -0.4 is 10.6 Å². The summed E-state index contributed by atoms with van der Waals surface area (Å²) in [4.78, 5) is 12.4. The van der Waals surface area contributed by atoms with Gasteiger partial charge in [0.1, 0.15) is 0 Å². The van der Waals surface area contributed by atoms with Crippen LogP contribution in [0.4, 0.5) is 4.79 Å². The van der Waals surface area contributed by atoms with Crippen molar-refractivity contribution in [3.05, 3.63) is 17.0 Å². The lowest BCUT2D eigenvalue weighted by Crippen LogP contribution is -2.51. The third-order valence-electron chi connectivity index (χ3n) is 6.14. The molecular weight excluding hydrogens is 304 g/mol. The molecular formula is C18H30N4O2. The van der Waals surface area contributed by atoms with Gasteiger partial charge in [0.15, 0.2) is 0 Å². The smallest absolute Gasteiger partial charge is 0.315 e. The summed E-state index contributed by atoms with van der Waals surface area (Å²) in [5.41, 5.74) is 3.38. The van der Waals surface area contributed by atoms with Crippen molar-refractivity contribution < 1.29 is 9.90 Å². The first-order chi connectivity index (χ1) is 11.4. The van der Waals surface area contributed by atoms with E-state index in [1.54, 1.807) is 0 Å². The van der Waals surface area contributed by atoms with Crippen molar-refractivity contribution in [3.63, 3.8) is 0 Å². The number of aliphatic hydroxyl groups excluding tert-OH is 1. The minimum Gasteiger partial charge on any atom is -0.396 e. The van der Waals surface area contributed by atoms with Gasteiger partial charge in [-0.2, -0.15) is 5.10 Å². The van der Waals surface area contributed by atoms with Crippen LogP contribution in [-0.2, 0) is 13.5 Å². The number of carbonyl (C=O) groups excluding carboxylic acids is 1. The second kappa shape index (κ2) is 6.75. The normalized spacial score (nSPS) is 29.7. The molecule has 24 heavy (non-hydrogen) atoms. The second-order valence-electron chi connectivity index (χ2n) is 7.70. The number of rotatable bonds is 5. The molecule has 1 heterocycles. The molecule has 5 atom stereocenters. The Morgan fingerprint density at radius 1 is 1.38 bits per heavy atom. The molecule has 0 saturated heterocycles. The average Bonchev–Trinajstić information content (AvgIpc) is 3.18. The molecule has 3 N–H and O–H groups in total. The van der Waals surface area contributed by atoms with Gasteiger partial charge in [-0.25, -0.2) is 4.79 Å². The van der Waals surface area contributed by atoms with Gasteiger partial charge in [-0.1, -0.05) is 0 Å². The number of carbonyl (C=O) groups is 1. The fourth-order valence-electron chi connectivity index (χ4n) is 4.79. The van der Waals surface area contributed by atoms with E-state index >= 15 is 0 Å². The highest BCUT2D eigenvalue weighted by molar-refractivity contribution is 5.74. The Morgan fingerprint density at radius 2 is 2.08 bits per heavy atom. The number of aromatic nitrogens is 2. The van der Waals surface area contributed by atoms with E-state index in [1.165, 1.54) is 18.4 Å². The van der Waals surface area contributed by atoms with Gasteiger partial charge in [-0.05, 0) is 63.9 Å². The first-order valence-corrected chi connectivity index (χ1v) is 9.07. The summed E-state index contributed by atoms with van der Waals surface area (Å²) < 4.78 is 1.89. The molecule has 0 aromatic carbocycles. The van der Waals surface area contributed by atoms with Crippen molar-refractivity contribution in [1.29, 1.82) is 0 Å². The molecule has 2 aliphatic carbocycles. The molecule has 6 nitrogen and oxygen atoms in total. The van der Waals surface area contributed by atoms with Crippen LogP contribution in [0.2, 0.25) is 0 Å². The highest BCUT2D eigenvalue weighted by Crippen LogP contribution is 2.48. The third kappa shape index (κ3) is 3.16. The van der Waals surface area contributed by atoms with Gasteiger partial charge < -0.3 is 15.7 Å². The topological polar surface area (TPSA) is 79.2 Å². The molecule has 2 fully saturated rings. The summed E-state index contributed by atoms with van der Waals surface area (Å²) in [5.74, 6) is 1.35. The van der Waals surface area contributed by atoms with Crippen LogP contribution in [0.15, 0.2) is 0 Å². The number of hydrogen-bond acceptors (Lipinski definition) is 3. The number of nitrogens with zero attached hydrogens (tertiary/aromatic N) is 2. The Morgan fingerprint density at radius 3 is 2.71 bits per heavy atom. The van der Waals surface area contributed by atoms with E-state index in [0.29, 0.717) is 11.8 Å². The van der Waals surface area contributed by atoms with Crippen molar-refractivity contribution in [2.45, 2.75) is 58.5 Å². The van der Waals surface area contributed by atoms with Crippen LogP contribution in [0.1, 0.15) is 43.1 Å². The van der Waals surface area contributed by atoms with Crippen molar-refractivity contribution in [2.24, 2.45) is 24.8 Å². The summed E-state index contributed by atoms with van der Waals surface area (Å²) in [7, 11) is 1.95. The molecule has 0 radical (unpaired) electrons. The molecule has 2 aliphatic rings. The van der Waals surface area contributed by atoms with E-state index in [1.807, 2.05) is 25.6 Å². The molecule has 3 rings (SSSR count). The SMILES string of the molecule is Cc1nn(C)c(C)c1CC(C)NC(=O)NC1C2CCC(C2)C1CO. The van der Waals surface area contributed by atoms with Gasteiger partial charge in [0.05, 0.1) is 5.69 Å². The van der Waals surface area contributed by atoms with Crippen molar-refractivity contribution in [3.8, 4) is 0 Å². The van der Waals surface area contributed by atoms with E-state index in [2.05, 4.69) is 22.7 Å². The average molecular weight is 334 g/mol. The molecule has 134 valence electrons. The predicted molar refractivity (Wildman–Crippen MR) is 92.7 cm³/mol. The van der Waals surface area contributed by atoms with E-state index in [9.17, 15) is 9.90 Å². The number of amides is 2. The van der Waals surface area contributed by atoms with Crippen LogP contribution in [0, 0.1) is 31.6 Å². The Bertz CT molecular complexity index is 612. The van der Waals surface area contributed by atoms with Crippen molar-refractivity contribution in [2.75, 3.05) is 6.61 Å². The van der Waals surface area contributed by atoms with E-state index in [4.69, 9.17) is 0 Å². The van der Waals surface area contributed by atoms with Gasteiger partial charge in [-0.15, -0.1) is 0 Å². The van der Waals surface area contributed by atoms with Gasteiger partial charge in [0, 0.05) is 37.4 Å². The van der Waals surface area contributed by atoms with Crippen molar-refractivity contribution >= 4 is 6.03 Å². The van der Waals surface area contributed by atoms with Gasteiger partial charge in [0.2, 0.25) is 0 Å². The molecule has 1 aromatic heterocycles. The number of nitrogens with one attached hydrogen (secondary N) is 2. The Hall–Kier alpha value is -1.56. The van der Waals surface area contributed by atoms with Crippen LogP contribution in [-0.4, -0.2) is 39.6 Å². The highest BCUT2D eigenvalue weighted by atomic mass is 16.3. The molecule has 6 heteroatoms. The molecule has 2 saturated carbocycles. The van der Waals surface area contributed by atoms with Gasteiger partial charge >= 0.3 is 6.03 Å². The Balaban J connectivity index is 1.55. The van der Waals surface area contributed by atoms with E-state index in [0.717, 1.165) is 24.2 Å². The molecule has 5 unspecified atom stereocenters. The van der Waals surface area contributed by atoms with E-state index < -0.39 is 0 Å². The standard InChI is InChI=1S/C18H30N4O2/c1-10(7-15-11(2)21-22(4)12(15)3)19-18(24)20-17-14-6-5-13(8-14)16(17)9-23/h10,13-14,16-17,23H,5-9H2,1-4H3,(H2,19,20,24). The summed E-state index contributed by atoms with van der Waals surface area (Å²) in [6.07, 6.45) is 4.31. The maximum Gasteiger partial charge on any atom is 0.315 e. The largest absolute Gasteiger partial charge is 0.396 e. The summed E-state index contributed by atoms with van der Waals surface area (Å²) in [6, 6.07) is 0.0540. The van der Waals surface area contributed by atoms with Crippen LogP contribution in [0.5, 0.6) is 0 Å². The van der Waals surface area contributed by atoms with Crippen LogP contribution >= 0.6 is 0 Å². The molecule has 2 bridgehead atoms. The zero-order valence-electron chi connectivity index (χ0n) is 15.2. The lowest BCUT2D eigenvalue weighted by molar-refractivity contribution is 0.144. The zero-order valence-corrected chi connectivity index (χ0v) is 15.2. The van der Waals surface area contributed by atoms with E-state index in [-0.39, 0.29) is 30.6 Å². The quantitative estimate of drug-likeness (QED) is 0.766. The number of urea groups is 1. The molecule has 2 amide bonds. The molecule has 0 spiro atoms. The minimum absolute atomic E-state index is 0.0396. The van der Waals surface area contributed by atoms with Crippen molar-refractivity contribution in [1.82, 2.24) is 20.4 Å². The zero-order chi connectivity index (χ0) is 17.4. The summed E-state index contributed by atoms with van der Waals surface area (Å²) >= 11 is 0. The fraction of sp³-hybridized carbons (Fsp3) is 0.778. The Kier molecular flexibility index (Phi) is 4.85. The number of aliphatic hydroxyl groups is 1. The lowest BCUT2D eigenvalue weighted by Gasteiger charge is -2.31. The molecule has 0 aliphatic heterocycles. The first kappa shape index (κ1) is 17.3. The minimum atomic E-state index is -0.113. The third-order valence-corrected chi connectivity index (χ3v) is 6.14. The summed E-state index contributed by atoms with van der Waals surface area (Å²) in [5, 5.41) is 20.2. The number of fused-ring (bicyclic) bond motifs is 2. The lowest BCUT2D eigenvalue weighted by atomic mass is 9.85. The number of aryl methyl sites for hydroxylation is 2. The van der Waals surface area contributed by atoms with Crippen LogP contribution in [0.3, 0.4) is 0 Å². The highest BCUT2D eigenvalue weighted by Gasteiger charge is 2.47. The summed E-state index contributed by atoms with van der Waals surface area (Å²) in [6.45, 7) is 6.27. The number of hydrogen-bond donors (Lipinski definition) is 3. The van der Waals surface area contributed by atoms with Gasteiger partial charge in [0.25, 0.3) is 0 Å². The van der Waals surface area contributed by atoms with Crippen LogP contribution in [0.25, 0.3) is 0 Å². The van der Waals surface area contributed by atoms with Gasteiger partial charge in [-0.3, -0.25) is 4.68 Å². The second-order valence-corrected chi connectivity index (χ2v) is 7.70. The predicted octanol–water partition coefficient (Wildman–Crippen LogP) is 1.67. The fourth-order valence-corrected chi connectivity index (χ4v) is 4.79.